The number of amides is 2. The highest BCUT2D eigenvalue weighted by Crippen LogP contribution is 2.32. The van der Waals surface area contributed by atoms with E-state index in [0.717, 1.165) is 6.54 Å². The minimum Gasteiger partial charge on any atom is -0.357 e. The molecule has 1 aromatic heterocycles. The number of carbonyl (C=O) groups excluding carboxylic acids is 2. The van der Waals surface area contributed by atoms with Crippen molar-refractivity contribution in [2.75, 3.05) is 19.6 Å². The van der Waals surface area contributed by atoms with E-state index in [2.05, 4.69) is 18.8 Å². The van der Waals surface area contributed by atoms with Gasteiger partial charge in [-0.15, -0.1) is 0 Å². The van der Waals surface area contributed by atoms with E-state index in [1.165, 1.54) is 12.8 Å². The molecule has 0 aromatic carbocycles. The van der Waals surface area contributed by atoms with Gasteiger partial charge >= 0.3 is 0 Å². The number of rotatable bonds is 4. The lowest BCUT2D eigenvalue weighted by Gasteiger charge is -2.34. The second-order valence-corrected chi connectivity index (χ2v) is 6.89. The normalized spacial score (nSPS) is 23.0. The Hall–Kier alpha value is -1.78. The molecule has 0 spiro atoms. The zero-order valence-electron chi connectivity index (χ0n) is 13.4. The van der Waals surface area contributed by atoms with Gasteiger partial charge in [-0.3, -0.25) is 9.59 Å². The quantitative estimate of drug-likeness (QED) is 0.926. The molecule has 5 nitrogen and oxygen atoms in total. The molecular weight excluding hydrogens is 278 g/mol. The molecule has 0 unspecified atom stereocenters. The molecule has 1 aliphatic heterocycles. The third-order valence-corrected chi connectivity index (χ3v) is 4.76. The van der Waals surface area contributed by atoms with E-state index in [1.54, 1.807) is 12.3 Å². The summed E-state index contributed by atoms with van der Waals surface area (Å²) in [6.07, 6.45) is 4.66. The van der Waals surface area contributed by atoms with Crippen molar-refractivity contribution in [3.63, 3.8) is 0 Å². The van der Waals surface area contributed by atoms with Gasteiger partial charge < -0.3 is 14.8 Å². The van der Waals surface area contributed by atoms with Crippen molar-refractivity contribution in [2.24, 2.45) is 11.8 Å². The number of H-pyrrole nitrogens is 1. The van der Waals surface area contributed by atoms with E-state index in [0.29, 0.717) is 37.0 Å². The molecule has 120 valence electrons. The molecule has 1 atom stereocenters. The smallest absolute Gasteiger partial charge is 0.270 e. The highest BCUT2D eigenvalue weighted by atomic mass is 16.2. The van der Waals surface area contributed by atoms with Gasteiger partial charge in [-0.1, -0.05) is 13.8 Å². The fraction of sp³-hybridized carbons (Fsp3) is 0.647. The van der Waals surface area contributed by atoms with Crippen LogP contribution in [-0.4, -0.2) is 52.3 Å². The highest BCUT2D eigenvalue weighted by Gasteiger charge is 2.36. The Labute approximate surface area is 131 Å². The molecule has 2 aliphatic rings. The van der Waals surface area contributed by atoms with Crippen molar-refractivity contribution < 1.29 is 9.59 Å². The molecule has 2 heterocycles. The van der Waals surface area contributed by atoms with Crippen LogP contribution in [0.5, 0.6) is 0 Å². The van der Waals surface area contributed by atoms with Crippen LogP contribution in [0.1, 0.15) is 43.6 Å². The van der Waals surface area contributed by atoms with Crippen molar-refractivity contribution in [1.29, 1.82) is 0 Å². The molecular formula is C17H25N3O2. The minimum absolute atomic E-state index is 0.00304. The molecule has 5 heteroatoms. The average molecular weight is 303 g/mol. The van der Waals surface area contributed by atoms with Crippen molar-refractivity contribution in [3.05, 3.63) is 24.0 Å². The summed E-state index contributed by atoms with van der Waals surface area (Å²) in [6, 6.07) is 3.74. The number of hydrogen-bond donors (Lipinski definition) is 1. The SMILES string of the molecule is CC(C)[C@H]1CN(C(=O)c2ccc[nH]2)CCC(=O)N1CC1CC1. The first-order valence-electron chi connectivity index (χ1n) is 8.28. The summed E-state index contributed by atoms with van der Waals surface area (Å²) >= 11 is 0. The predicted molar refractivity (Wildman–Crippen MR) is 84.4 cm³/mol. The standard InChI is InChI=1S/C17H25N3O2/c1-12(2)15-11-19(17(22)14-4-3-8-18-14)9-7-16(21)20(15)10-13-5-6-13/h3-4,8,12-13,15,18H,5-7,9-11H2,1-2H3/t15-/m1/s1. The number of aromatic amines is 1. The molecule has 1 aliphatic carbocycles. The number of nitrogens with one attached hydrogen (secondary N) is 1. The molecule has 3 rings (SSSR count). The molecule has 1 saturated heterocycles. The van der Waals surface area contributed by atoms with Gasteiger partial charge in [0.25, 0.3) is 5.91 Å². The predicted octanol–water partition coefficient (Wildman–Crippen LogP) is 2.12. The Morgan fingerprint density at radius 2 is 2.18 bits per heavy atom. The average Bonchev–Trinajstić information content (AvgIpc) is 3.18. The largest absolute Gasteiger partial charge is 0.357 e. The molecule has 1 aromatic rings. The van der Waals surface area contributed by atoms with Gasteiger partial charge in [0.2, 0.25) is 5.91 Å². The van der Waals surface area contributed by atoms with Crippen LogP contribution in [0, 0.1) is 11.8 Å². The van der Waals surface area contributed by atoms with Gasteiger partial charge in [0, 0.05) is 32.3 Å². The van der Waals surface area contributed by atoms with Crippen LogP contribution in [0.3, 0.4) is 0 Å². The summed E-state index contributed by atoms with van der Waals surface area (Å²) < 4.78 is 0. The fourth-order valence-electron chi connectivity index (χ4n) is 3.18. The van der Waals surface area contributed by atoms with Crippen molar-refractivity contribution in [2.45, 2.75) is 39.2 Å². The topological polar surface area (TPSA) is 56.4 Å². The summed E-state index contributed by atoms with van der Waals surface area (Å²) in [5.41, 5.74) is 0.602. The maximum Gasteiger partial charge on any atom is 0.270 e. The fourth-order valence-corrected chi connectivity index (χ4v) is 3.18. The molecule has 1 N–H and O–H groups in total. The van der Waals surface area contributed by atoms with E-state index >= 15 is 0 Å². The Balaban J connectivity index is 1.77. The van der Waals surface area contributed by atoms with Crippen LogP contribution in [0.2, 0.25) is 0 Å². The first-order chi connectivity index (χ1) is 10.6. The van der Waals surface area contributed by atoms with E-state index in [-0.39, 0.29) is 17.9 Å². The molecule has 1 saturated carbocycles. The molecule has 2 amide bonds. The minimum atomic E-state index is -0.00304. The van der Waals surface area contributed by atoms with Crippen molar-refractivity contribution in [1.82, 2.24) is 14.8 Å². The van der Waals surface area contributed by atoms with Gasteiger partial charge in [-0.2, -0.15) is 0 Å². The zero-order chi connectivity index (χ0) is 15.7. The van der Waals surface area contributed by atoms with Crippen molar-refractivity contribution >= 4 is 11.8 Å². The summed E-state index contributed by atoms with van der Waals surface area (Å²) in [5, 5.41) is 0. The Kier molecular flexibility index (Phi) is 4.23. The zero-order valence-corrected chi connectivity index (χ0v) is 13.4. The maximum absolute atomic E-state index is 12.6. The summed E-state index contributed by atoms with van der Waals surface area (Å²) in [6.45, 7) is 6.29. The third-order valence-electron chi connectivity index (χ3n) is 4.76. The first kappa shape index (κ1) is 15.1. The number of hydrogen-bond acceptors (Lipinski definition) is 2. The Bertz CT molecular complexity index is 534. The molecule has 22 heavy (non-hydrogen) atoms. The summed E-state index contributed by atoms with van der Waals surface area (Å²) in [5.74, 6) is 1.22. The third kappa shape index (κ3) is 3.18. The maximum atomic E-state index is 12.6. The van der Waals surface area contributed by atoms with Crippen LogP contribution in [-0.2, 0) is 4.79 Å². The van der Waals surface area contributed by atoms with Gasteiger partial charge in [0.15, 0.2) is 0 Å². The van der Waals surface area contributed by atoms with Crippen LogP contribution in [0.15, 0.2) is 18.3 Å². The number of carbonyl (C=O) groups is 2. The van der Waals surface area contributed by atoms with E-state index < -0.39 is 0 Å². The highest BCUT2D eigenvalue weighted by molar-refractivity contribution is 5.93. The monoisotopic (exact) mass is 303 g/mol. The van der Waals surface area contributed by atoms with Crippen LogP contribution >= 0.6 is 0 Å². The Morgan fingerprint density at radius 3 is 2.77 bits per heavy atom. The van der Waals surface area contributed by atoms with Gasteiger partial charge in [-0.05, 0) is 36.8 Å². The number of aromatic nitrogens is 1. The van der Waals surface area contributed by atoms with E-state index in [9.17, 15) is 9.59 Å². The van der Waals surface area contributed by atoms with E-state index in [4.69, 9.17) is 0 Å². The second-order valence-electron chi connectivity index (χ2n) is 6.89. The van der Waals surface area contributed by atoms with Crippen LogP contribution in [0.4, 0.5) is 0 Å². The van der Waals surface area contributed by atoms with Crippen molar-refractivity contribution in [3.8, 4) is 0 Å². The molecule has 0 bridgehead atoms. The Morgan fingerprint density at radius 1 is 1.41 bits per heavy atom. The molecule has 0 radical (unpaired) electrons. The first-order valence-corrected chi connectivity index (χ1v) is 8.28. The number of nitrogens with zero attached hydrogens (tertiary/aromatic N) is 2. The van der Waals surface area contributed by atoms with Gasteiger partial charge in [-0.25, -0.2) is 0 Å². The van der Waals surface area contributed by atoms with Gasteiger partial charge in [0.05, 0.1) is 6.04 Å². The van der Waals surface area contributed by atoms with Crippen LogP contribution < -0.4 is 0 Å². The molecule has 2 fully saturated rings. The second kappa shape index (κ2) is 6.15. The lowest BCUT2D eigenvalue weighted by Crippen LogP contribution is -2.48. The van der Waals surface area contributed by atoms with Crippen LogP contribution in [0.25, 0.3) is 0 Å². The van der Waals surface area contributed by atoms with E-state index in [1.807, 2.05) is 15.9 Å². The lowest BCUT2D eigenvalue weighted by atomic mass is 10.0. The summed E-state index contributed by atoms with van der Waals surface area (Å²) in [7, 11) is 0. The summed E-state index contributed by atoms with van der Waals surface area (Å²) in [4.78, 5) is 32.0. The van der Waals surface area contributed by atoms with Gasteiger partial charge in [0.1, 0.15) is 5.69 Å². The lowest BCUT2D eigenvalue weighted by molar-refractivity contribution is -0.133.